The minimum absolute atomic E-state index is 0. The molecule has 0 spiro atoms. The second-order valence-electron chi connectivity index (χ2n) is 15.6. The van der Waals surface area contributed by atoms with Gasteiger partial charge >= 0.3 is 11.9 Å². The van der Waals surface area contributed by atoms with Crippen molar-refractivity contribution in [1.82, 2.24) is 19.1 Å². The number of aliphatic hydroxyl groups is 2. The highest BCUT2D eigenvalue weighted by Crippen LogP contribution is 2.34. The van der Waals surface area contributed by atoms with Crippen molar-refractivity contribution in [3.05, 3.63) is 156 Å². The highest BCUT2D eigenvalue weighted by atomic mass is 32.2. The summed E-state index contributed by atoms with van der Waals surface area (Å²) in [5, 5.41) is 24.9. The van der Waals surface area contributed by atoms with E-state index in [1.807, 2.05) is 9.13 Å². The number of nitrogens with zero attached hydrogens (tertiary/aromatic N) is 4. The van der Waals surface area contributed by atoms with E-state index < -0.39 is 56.3 Å². The molecule has 0 aliphatic rings. The first-order chi connectivity index (χ1) is 31.7. The molecule has 0 aliphatic carbocycles. The Hall–Kier alpha value is -6.64. The zero-order valence-electron chi connectivity index (χ0n) is 37.5. The number of carbonyl (C=O) groups excluding carboxylic acids is 4. The van der Waals surface area contributed by atoms with E-state index in [0.29, 0.717) is 45.3 Å². The molecule has 19 heteroatoms. The van der Waals surface area contributed by atoms with Crippen LogP contribution < -0.4 is 11.0 Å². The van der Waals surface area contributed by atoms with E-state index in [-0.39, 0.29) is 28.0 Å². The molecule has 354 valence electrons. The Kier molecular flexibility index (Phi) is 17.8. The van der Waals surface area contributed by atoms with E-state index in [4.69, 9.17) is 9.68 Å². The summed E-state index contributed by atoms with van der Waals surface area (Å²) in [5.41, 5.74) is -0.638. The van der Waals surface area contributed by atoms with Crippen molar-refractivity contribution in [2.24, 2.45) is 0 Å². The molecule has 0 radical (unpaired) electrons. The number of hydrogen-bond acceptors (Lipinski definition) is 14. The van der Waals surface area contributed by atoms with Gasteiger partial charge in [0.05, 0.1) is 45.6 Å². The van der Waals surface area contributed by atoms with E-state index in [1.54, 1.807) is 38.9 Å². The van der Waals surface area contributed by atoms with Crippen LogP contribution in [0.1, 0.15) is 69.9 Å². The van der Waals surface area contributed by atoms with Gasteiger partial charge in [-0.1, -0.05) is 73.5 Å². The zero-order valence-corrected chi connectivity index (χ0v) is 39.1. The van der Waals surface area contributed by atoms with Gasteiger partial charge in [-0.15, -0.1) is 0 Å². The summed E-state index contributed by atoms with van der Waals surface area (Å²) in [7, 11) is -2.84. The summed E-state index contributed by atoms with van der Waals surface area (Å²) in [6, 6.07) is 22.7. The van der Waals surface area contributed by atoms with Gasteiger partial charge in [0.1, 0.15) is 0 Å². The van der Waals surface area contributed by atoms with Crippen LogP contribution in [0.4, 0.5) is 11.4 Å². The van der Waals surface area contributed by atoms with Crippen LogP contribution in [0.25, 0.3) is 0 Å². The van der Waals surface area contributed by atoms with Crippen molar-refractivity contribution >= 4 is 56.5 Å². The molecule has 67 heavy (non-hydrogen) atoms. The fourth-order valence-electron chi connectivity index (χ4n) is 6.97. The Bertz CT molecular complexity index is 2500. The van der Waals surface area contributed by atoms with Gasteiger partial charge in [0, 0.05) is 82.1 Å². The Morgan fingerprint density at radius 3 is 1.25 bits per heavy atom. The summed E-state index contributed by atoms with van der Waals surface area (Å²) in [6.07, 6.45) is 9.82. The van der Waals surface area contributed by atoms with Gasteiger partial charge in [-0.2, -0.15) is 0 Å². The average molecular weight is 955 g/mol. The molecule has 0 saturated heterocycles. The van der Waals surface area contributed by atoms with Crippen LogP contribution in [0.2, 0.25) is 0 Å². The lowest BCUT2D eigenvalue weighted by atomic mass is 9.73. The predicted octanol–water partition coefficient (Wildman–Crippen LogP) is 5.06. The molecular weight excluding hydrogens is 901 g/mol. The minimum atomic E-state index is -3.99. The molecule has 0 aliphatic heterocycles. The van der Waals surface area contributed by atoms with E-state index in [2.05, 4.69) is 34.8 Å². The predicted molar refractivity (Wildman–Crippen MR) is 252 cm³/mol. The molecule has 2 heterocycles. The molecule has 4 unspecified atom stereocenters. The topological polar surface area (TPSA) is 253 Å². The molecule has 4 aromatic carbocycles. The molecule has 0 bridgehead atoms. The number of benzene rings is 4. The number of anilines is 2. The van der Waals surface area contributed by atoms with Crippen molar-refractivity contribution in [2.45, 2.75) is 87.5 Å². The largest absolute Gasteiger partial charge is 0.412 e. The molecule has 2 aromatic heterocycles. The summed E-state index contributed by atoms with van der Waals surface area (Å²) < 4.78 is 30.4. The monoisotopic (exact) mass is 954 g/mol. The highest BCUT2D eigenvalue weighted by Gasteiger charge is 2.71. The van der Waals surface area contributed by atoms with Crippen molar-refractivity contribution in [3.8, 4) is 0 Å². The third-order valence-electron chi connectivity index (χ3n) is 10.8. The Morgan fingerprint density at radius 1 is 0.582 bits per heavy atom. The number of aromatic nitrogens is 4. The first-order valence-corrected chi connectivity index (χ1v) is 23.9. The van der Waals surface area contributed by atoms with Gasteiger partial charge in [-0.3, -0.25) is 18.0 Å². The number of aryl methyl sites for hydroxylation is 6. The van der Waals surface area contributed by atoms with Crippen molar-refractivity contribution < 1.29 is 53.0 Å². The molecule has 6 aromatic rings. The van der Waals surface area contributed by atoms with Gasteiger partial charge in [-0.25, -0.2) is 30.5 Å². The maximum atomic E-state index is 14.5. The number of carbonyl (C=O) groups is 4. The number of ketones is 2. The van der Waals surface area contributed by atoms with E-state index >= 15 is 0 Å². The molecule has 6 rings (SSSR count). The van der Waals surface area contributed by atoms with Crippen LogP contribution in [0.5, 0.6) is 0 Å². The SMILES string of the molecule is CCCn1cncc1CCS(=O)c1ccc(NOC(=O)C(O)(C(=O)c2ccc(C)cc2)C(O)(C(=O)ONc2ccc(S(=O)CCc3cncn3CCC)cc2)C(=O)c2ccc(C)cc2)cc1.O. The first-order valence-electron chi connectivity index (χ1n) is 21.3. The lowest BCUT2D eigenvalue weighted by Gasteiger charge is -2.36. The van der Waals surface area contributed by atoms with Gasteiger partial charge < -0.3 is 34.5 Å². The standard InChI is InChI=1S/C48H52N6O10S2.H2O/c1-5-25-53-31-49-29-39(53)23-27-65(61)41-19-15-37(16-20-41)51-63-45(57)47(59,43(55)35-11-7-33(3)8-12-35)48(60,44(56)36-13-9-34(4)10-14-36)46(58)64-52-38-17-21-42(22-18-38)66(62)28-24-40-30-50-32-54(40)26-6-2;/h7-22,29-32,51-52,59-60H,5-6,23-28H2,1-4H3;1H2. The minimum Gasteiger partial charge on any atom is -0.412 e. The van der Waals surface area contributed by atoms with Crippen molar-refractivity contribution in [2.75, 3.05) is 22.5 Å². The van der Waals surface area contributed by atoms with Crippen molar-refractivity contribution in [1.29, 1.82) is 0 Å². The van der Waals surface area contributed by atoms with Crippen LogP contribution >= 0.6 is 0 Å². The van der Waals surface area contributed by atoms with Gasteiger partial charge in [0.25, 0.3) is 11.2 Å². The maximum absolute atomic E-state index is 14.5. The first kappa shape index (κ1) is 51.3. The third kappa shape index (κ3) is 11.9. The molecule has 0 amide bonds. The lowest BCUT2D eigenvalue weighted by molar-refractivity contribution is -0.191. The van der Waals surface area contributed by atoms with E-state index in [9.17, 15) is 37.8 Å². The normalized spacial score (nSPS) is 13.8. The van der Waals surface area contributed by atoms with Crippen molar-refractivity contribution in [3.63, 3.8) is 0 Å². The number of imidazole rings is 2. The van der Waals surface area contributed by atoms with E-state index in [1.165, 1.54) is 97.1 Å². The summed E-state index contributed by atoms with van der Waals surface area (Å²) in [4.78, 5) is 77.2. The Labute approximate surface area is 392 Å². The number of rotatable bonds is 23. The summed E-state index contributed by atoms with van der Waals surface area (Å²) in [5.74, 6) is -6.38. The van der Waals surface area contributed by atoms with Crippen LogP contribution in [0, 0.1) is 13.8 Å². The quantitative estimate of drug-likeness (QED) is 0.0372. The summed E-state index contributed by atoms with van der Waals surface area (Å²) in [6.45, 7) is 9.12. The number of nitrogens with one attached hydrogen (secondary N) is 2. The fraction of sp³-hybridized carbons (Fsp3) is 0.292. The highest BCUT2D eigenvalue weighted by molar-refractivity contribution is 7.85. The zero-order chi connectivity index (χ0) is 47.4. The van der Waals surface area contributed by atoms with E-state index in [0.717, 1.165) is 37.3 Å². The Balaban J connectivity index is 0.00000840. The molecule has 4 atom stereocenters. The van der Waals surface area contributed by atoms with Gasteiger partial charge in [0.2, 0.25) is 11.6 Å². The molecule has 6 N–H and O–H groups in total. The second-order valence-corrected chi connectivity index (χ2v) is 18.7. The fourth-order valence-corrected chi connectivity index (χ4v) is 9.11. The number of hydrogen-bond donors (Lipinski definition) is 4. The van der Waals surface area contributed by atoms with Crippen LogP contribution in [-0.4, -0.2) is 89.4 Å². The van der Waals surface area contributed by atoms with Gasteiger partial charge in [-0.05, 0) is 75.2 Å². The van der Waals surface area contributed by atoms with Crippen LogP contribution in [-0.2, 0) is 66.8 Å². The average Bonchev–Trinajstić information content (AvgIpc) is 3.99. The third-order valence-corrected chi connectivity index (χ3v) is 13.5. The van der Waals surface area contributed by atoms with Crippen LogP contribution in [0.15, 0.2) is 132 Å². The molecular formula is C48H54N6O11S2. The number of Topliss-reactive ketones (excluding diaryl/α,β-unsaturated/α-hetero) is 2. The smallest absolute Gasteiger partial charge is 0.375 e. The Morgan fingerprint density at radius 2 is 0.925 bits per heavy atom. The second kappa shape index (κ2) is 23.2. The van der Waals surface area contributed by atoms with Crippen LogP contribution in [0.3, 0.4) is 0 Å². The molecule has 0 fully saturated rings. The molecule has 17 nitrogen and oxygen atoms in total. The summed E-state index contributed by atoms with van der Waals surface area (Å²) >= 11 is 0. The molecule has 0 saturated carbocycles. The van der Waals surface area contributed by atoms with Gasteiger partial charge in [0.15, 0.2) is 0 Å². The lowest BCUT2D eigenvalue weighted by Crippen LogP contribution is -2.72. The maximum Gasteiger partial charge on any atom is 0.375 e.